The number of nitrogens with zero attached hydrogens (tertiary/aromatic N) is 1. The van der Waals surface area contributed by atoms with E-state index in [1.54, 1.807) is 23.1 Å². The van der Waals surface area contributed by atoms with Crippen molar-refractivity contribution in [3.05, 3.63) is 75.4 Å². The molecule has 0 fully saturated rings. The van der Waals surface area contributed by atoms with Gasteiger partial charge in [-0.05, 0) is 35.2 Å². The van der Waals surface area contributed by atoms with Crippen molar-refractivity contribution < 1.29 is 4.79 Å². The Hall–Kier alpha value is -2.19. The van der Waals surface area contributed by atoms with Gasteiger partial charge >= 0.3 is 6.03 Å². The summed E-state index contributed by atoms with van der Waals surface area (Å²) < 4.78 is 0. The topological polar surface area (TPSA) is 70.4 Å². The first kappa shape index (κ1) is 19.1. The highest BCUT2D eigenvalue weighted by Gasteiger charge is 2.34. The Kier molecular flexibility index (Phi) is 5.77. The maximum absolute atomic E-state index is 12.5. The SMILES string of the molecule is NCc1cccc(Cl)c1N1c2ccccc2SC1NC(=O)NCc1cccs1. The molecule has 28 heavy (non-hydrogen) atoms. The number of amides is 2. The van der Waals surface area contributed by atoms with Crippen molar-refractivity contribution in [1.29, 1.82) is 0 Å². The Balaban J connectivity index is 1.61. The maximum atomic E-state index is 12.5. The second kappa shape index (κ2) is 8.45. The van der Waals surface area contributed by atoms with Gasteiger partial charge in [0, 0.05) is 16.3 Å². The van der Waals surface area contributed by atoms with Gasteiger partial charge in [-0.2, -0.15) is 0 Å². The fourth-order valence-electron chi connectivity index (χ4n) is 3.13. The zero-order valence-corrected chi connectivity index (χ0v) is 17.3. The van der Waals surface area contributed by atoms with Crippen LogP contribution < -0.4 is 21.3 Å². The van der Waals surface area contributed by atoms with Gasteiger partial charge in [0.05, 0.1) is 22.9 Å². The number of para-hydroxylation sites is 2. The van der Waals surface area contributed by atoms with Gasteiger partial charge in [-0.1, -0.05) is 53.7 Å². The molecule has 1 aliphatic rings. The number of carbonyl (C=O) groups excluding carboxylic acids is 1. The van der Waals surface area contributed by atoms with Crippen molar-refractivity contribution in [2.45, 2.75) is 23.5 Å². The summed E-state index contributed by atoms with van der Waals surface area (Å²) in [6, 6.07) is 17.4. The quantitative estimate of drug-likeness (QED) is 0.539. The number of rotatable bonds is 5. The van der Waals surface area contributed by atoms with E-state index in [2.05, 4.69) is 15.5 Å². The molecule has 2 aromatic carbocycles. The van der Waals surface area contributed by atoms with Crippen molar-refractivity contribution >= 4 is 52.1 Å². The number of nitrogens with two attached hydrogens (primary N) is 1. The molecule has 0 aliphatic carbocycles. The van der Waals surface area contributed by atoms with Gasteiger partial charge in [0.25, 0.3) is 0 Å². The lowest BCUT2D eigenvalue weighted by Crippen LogP contribution is -2.46. The minimum Gasteiger partial charge on any atom is -0.333 e. The van der Waals surface area contributed by atoms with E-state index >= 15 is 0 Å². The third kappa shape index (κ3) is 3.84. The van der Waals surface area contributed by atoms with E-state index in [4.69, 9.17) is 17.3 Å². The molecule has 4 N–H and O–H groups in total. The number of thiophene rings is 1. The fraction of sp³-hybridized carbons (Fsp3) is 0.150. The first-order valence-electron chi connectivity index (χ1n) is 8.76. The molecule has 1 aliphatic heterocycles. The monoisotopic (exact) mass is 430 g/mol. The van der Waals surface area contributed by atoms with Crippen LogP contribution in [-0.2, 0) is 13.1 Å². The van der Waals surface area contributed by atoms with Crippen LogP contribution in [0, 0.1) is 0 Å². The van der Waals surface area contributed by atoms with Gasteiger partial charge in [-0.25, -0.2) is 4.79 Å². The molecule has 1 aromatic heterocycles. The largest absolute Gasteiger partial charge is 0.333 e. The molecule has 1 unspecified atom stereocenters. The normalized spacial score (nSPS) is 15.4. The summed E-state index contributed by atoms with van der Waals surface area (Å²) in [4.78, 5) is 16.8. The third-order valence-electron chi connectivity index (χ3n) is 4.39. The van der Waals surface area contributed by atoms with E-state index in [-0.39, 0.29) is 11.5 Å². The Labute approximate surface area is 176 Å². The first-order chi connectivity index (χ1) is 13.7. The van der Waals surface area contributed by atoms with Crippen LogP contribution >= 0.6 is 34.7 Å². The summed E-state index contributed by atoms with van der Waals surface area (Å²) in [5.41, 5.74) is 8.39. The Morgan fingerprint density at radius 1 is 1.14 bits per heavy atom. The summed E-state index contributed by atoms with van der Waals surface area (Å²) in [5, 5.41) is 8.57. The molecule has 8 heteroatoms. The van der Waals surface area contributed by atoms with Gasteiger partial charge in [-0.15, -0.1) is 11.3 Å². The van der Waals surface area contributed by atoms with Crippen LogP contribution in [0.1, 0.15) is 10.4 Å². The van der Waals surface area contributed by atoms with E-state index in [1.165, 1.54) is 0 Å². The number of benzene rings is 2. The molecule has 0 saturated heterocycles. The third-order valence-corrected chi connectivity index (χ3v) is 6.72. The highest BCUT2D eigenvalue weighted by Crippen LogP contribution is 2.49. The minimum absolute atomic E-state index is 0.231. The van der Waals surface area contributed by atoms with E-state index < -0.39 is 0 Å². The average molecular weight is 431 g/mol. The van der Waals surface area contributed by atoms with Crippen molar-refractivity contribution in [3.8, 4) is 0 Å². The number of hydrogen-bond donors (Lipinski definition) is 3. The van der Waals surface area contributed by atoms with E-state index in [0.717, 1.165) is 26.7 Å². The maximum Gasteiger partial charge on any atom is 0.317 e. The molecule has 2 amide bonds. The van der Waals surface area contributed by atoms with Crippen molar-refractivity contribution in [2.75, 3.05) is 4.90 Å². The minimum atomic E-state index is -0.328. The number of hydrogen-bond acceptors (Lipinski definition) is 5. The number of halogens is 1. The standard InChI is InChI=1S/C20H19ClN4OS2/c21-15-7-3-5-13(11-22)18(15)25-16-8-1-2-9-17(16)28-20(25)24-19(26)23-12-14-6-4-10-27-14/h1-10,20H,11-12,22H2,(H2,23,24,26). The first-order valence-corrected chi connectivity index (χ1v) is 10.9. The van der Waals surface area contributed by atoms with Crippen LogP contribution in [0.15, 0.2) is 64.9 Å². The van der Waals surface area contributed by atoms with Gasteiger partial charge in [0.1, 0.15) is 0 Å². The average Bonchev–Trinajstić information content (AvgIpc) is 3.34. The van der Waals surface area contributed by atoms with Crippen molar-refractivity contribution in [2.24, 2.45) is 5.73 Å². The van der Waals surface area contributed by atoms with Crippen LogP contribution in [0.2, 0.25) is 5.02 Å². The number of anilines is 2. The number of nitrogens with one attached hydrogen (secondary N) is 2. The second-order valence-corrected chi connectivity index (χ2v) is 8.73. The summed E-state index contributed by atoms with van der Waals surface area (Å²) in [6.07, 6.45) is 0. The molecular weight excluding hydrogens is 412 g/mol. The summed E-state index contributed by atoms with van der Waals surface area (Å²) in [6.45, 7) is 0.852. The van der Waals surface area contributed by atoms with Gasteiger partial charge < -0.3 is 21.3 Å². The number of fused-ring (bicyclic) bond motifs is 1. The number of thioether (sulfide) groups is 1. The number of carbonyl (C=O) groups is 1. The molecule has 5 nitrogen and oxygen atoms in total. The van der Waals surface area contributed by atoms with Gasteiger partial charge in [0.15, 0.2) is 5.50 Å². The smallest absolute Gasteiger partial charge is 0.317 e. The molecule has 0 spiro atoms. The zero-order chi connectivity index (χ0) is 19.5. The predicted molar refractivity (Wildman–Crippen MR) is 117 cm³/mol. The molecule has 0 bridgehead atoms. The van der Waals surface area contributed by atoms with Crippen LogP contribution in [0.25, 0.3) is 0 Å². The van der Waals surface area contributed by atoms with Crippen LogP contribution in [-0.4, -0.2) is 11.5 Å². The van der Waals surface area contributed by atoms with Crippen molar-refractivity contribution in [1.82, 2.24) is 10.6 Å². The van der Waals surface area contributed by atoms with E-state index in [1.807, 2.05) is 60.0 Å². The molecule has 4 rings (SSSR count). The molecule has 144 valence electrons. The molecule has 0 saturated carbocycles. The zero-order valence-electron chi connectivity index (χ0n) is 14.9. The summed E-state index contributed by atoms with van der Waals surface area (Å²) in [7, 11) is 0. The predicted octanol–water partition coefficient (Wildman–Crippen LogP) is 4.89. The Bertz CT molecular complexity index is 980. The lowest BCUT2D eigenvalue weighted by Gasteiger charge is -2.29. The molecular formula is C20H19ClN4OS2. The lowest BCUT2D eigenvalue weighted by molar-refractivity contribution is 0.240. The molecule has 1 atom stereocenters. The molecule has 2 heterocycles. The summed E-state index contributed by atoms with van der Waals surface area (Å²) >= 11 is 9.74. The fourth-order valence-corrected chi connectivity index (χ4v) is 5.23. The molecule has 0 radical (unpaired) electrons. The highest BCUT2D eigenvalue weighted by atomic mass is 35.5. The molecule has 3 aromatic rings. The van der Waals surface area contributed by atoms with Crippen molar-refractivity contribution in [3.63, 3.8) is 0 Å². The Morgan fingerprint density at radius 3 is 2.79 bits per heavy atom. The highest BCUT2D eigenvalue weighted by molar-refractivity contribution is 8.00. The number of urea groups is 1. The van der Waals surface area contributed by atoms with Gasteiger partial charge in [0.2, 0.25) is 0 Å². The van der Waals surface area contributed by atoms with E-state index in [9.17, 15) is 4.79 Å². The lowest BCUT2D eigenvalue weighted by atomic mass is 10.1. The van der Waals surface area contributed by atoms with Crippen LogP contribution in [0.3, 0.4) is 0 Å². The van der Waals surface area contributed by atoms with Crippen LogP contribution in [0.4, 0.5) is 16.2 Å². The van der Waals surface area contributed by atoms with E-state index in [0.29, 0.717) is 18.1 Å². The Morgan fingerprint density at radius 2 is 2.00 bits per heavy atom. The second-order valence-electron chi connectivity index (χ2n) is 6.17. The van der Waals surface area contributed by atoms with Crippen LogP contribution in [0.5, 0.6) is 0 Å². The summed E-state index contributed by atoms with van der Waals surface area (Å²) in [5.74, 6) is 0. The van der Waals surface area contributed by atoms with Gasteiger partial charge in [-0.3, -0.25) is 0 Å².